The zero-order valence-corrected chi connectivity index (χ0v) is 20.1. The van der Waals surface area contributed by atoms with E-state index >= 15 is 0 Å². The number of benzene rings is 2. The number of hydrogen-bond donors (Lipinski definition) is 0. The summed E-state index contributed by atoms with van der Waals surface area (Å²) in [7, 11) is -3.49. The second kappa shape index (κ2) is 9.91. The van der Waals surface area contributed by atoms with Crippen molar-refractivity contribution in [1.82, 2.24) is 4.90 Å². The first-order chi connectivity index (χ1) is 15.5. The number of piperazine rings is 1. The van der Waals surface area contributed by atoms with E-state index < -0.39 is 21.6 Å². The largest absolute Gasteiger partial charge is 0.490 e. The van der Waals surface area contributed by atoms with Crippen LogP contribution in [-0.4, -0.2) is 64.0 Å². The molecule has 1 fully saturated rings. The molecule has 2 aromatic carbocycles. The Kier molecular flexibility index (Phi) is 7.41. The van der Waals surface area contributed by atoms with Crippen molar-refractivity contribution < 1.29 is 27.1 Å². The number of sulfone groups is 1. The van der Waals surface area contributed by atoms with Gasteiger partial charge in [0.2, 0.25) is 0 Å². The second-order valence-corrected chi connectivity index (χ2v) is 10.5. The Bertz CT molecular complexity index is 1140. The van der Waals surface area contributed by atoms with E-state index in [1.807, 2.05) is 18.7 Å². The third-order valence-corrected chi connectivity index (χ3v) is 6.69. The highest BCUT2D eigenvalue weighted by Gasteiger charge is 2.26. The lowest BCUT2D eigenvalue weighted by Crippen LogP contribution is -2.49. The molecule has 1 heterocycles. The molecule has 0 aliphatic carbocycles. The molecule has 1 unspecified atom stereocenters. The highest BCUT2D eigenvalue weighted by molar-refractivity contribution is 7.90. The van der Waals surface area contributed by atoms with Crippen molar-refractivity contribution >= 4 is 27.7 Å². The average Bonchev–Trinajstić information content (AvgIpc) is 2.77. The monoisotopic (exact) mass is 476 g/mol. The van der Waals surface area contributed by atoms with Crippen molar-refractivity contribution in [2.45, 2.75) is 37.7 Å². The third kappa shape index (κ3) is 5.71. The van der Waals surface area contributed by atoms with Gasteiger partial charge in [0, 0.05) is 44.0 Å². The number of ether oxygens (including phenoxy) is 1. The van der Waals surface area contributed by atoms with Gasteiger partial charge in [-0.1, -0.05) is 13.0 Å². The van der Waals surface area contributed by atoms with Gasteiger partial charge in [0.25, 0.3) is 5.91 Å². The number of nitrogens with zero attached hydrogens (tertiary/aromatic N) is 2. The molecule has 1 amide bonds. The maximum absolute atomic E-state index is 14.4. The fraction of sp³-hybridized carbons (Fsp3) is 0.417. The first-order valence-corrected chi connectivity index (χ1v) is 12.7. The van der Waals surface area contributed by atoms with Gasteiger partial charge >= 0.3 is 0 Å². The number of anilines is 1. The molecule has 3 rings (SSSR count). The van der Waals surface area contributed by atoms with Crippen LogP contribution in [0.5, 0.6) is 5.75 Å². The number of amides is 1. The van der Waals surface area contributed by atoms with Gasteiger partial charge in [-0.2, -0.15) is 0 Å². The maximum Gasteiger partial charge on any atom is 0.257 e. The predicted molar refractivity (Wildman–Crippen MR) is 124 cm³/mol. The van der Waals surface area contributed by atoms with Crippen molar-refractivity contribution in [2.24, 2.45) is 0 Å². The normalized spacial score (nSPS) is 15.5. The summed E-state index contributed by atoms with van der Waals surface area (Å²) in [5, 5.41) is 0. The van der Waals surface area contributed by atoms with Crippen molar-refractivity contribution in [3.63, 3.8) is 0 Å². The lowest BCUT2D eigenvalue weighted by atomic mass is 10.0. The lowest BCUT2D eigenvalue weighted by molar-refractivity contribution is -0.108. The summed E-state index contributed by atoms with van der Waals surface area (Å²) in [6, 6.07) is 9.13. The van der Waals surface area contributed by atoms with Crippen LogP contribution in [0.1, 0.15) is 42.6 Å². The topological polar surface area (TPSA) is 84.0 Å². The highest BCUT2D eigenvalue weighted by Crippen LogP contribution is 2.27. The van der Waals surface area contributed by atoms with Gasteiger partial charge < -0.3 is 19.3 Å². The zero-order chi connectivity index (χ0) is 24.3. The van der Waals surface area contributed by atoms with E-state index in [2.05, 4.69) is 0 Å². The van der Waals surface area contributed by atoms with Crippen LogP contribution in [0.15, 0.2) is 41.3 Å². The van der Waals surface area contributed by atoms with E-state index in [9.17, 15) is 22.4 Å². The van der Waals surface area contributed by atoms with E-state index in [1.165, 1.54) is 24.3 Å². The van der Waals surface area contributed by atoms with Crippen LogP contribution in [-0.2, 0) is 14.6 Å². The Hall–Kier alpha value is -2.94. The predicted octanol–water partition coefficient (Wildman–Crippen LogP) is 3.28. The fourth-order valence-corrected chi connectivity index (χ4v) is 4.40. The van der Waals surface area contributed by atoms with Crippen molar-refractivity contribution in [2.75, 3.05) is 37.3 Å². The third-order valence-electron chi connectivity index (χ3n) is 5.58. The van der Waals surface area contributed by atoms with E-state index in [0.29, 0.717) is 49.5 Å². The fourth-order valence-electron chi connectivity index (χ4n) is 3.76. The molecule has 0 saturated carbocycles. The van der Waals surface area contributed by atoms with Gasteiger partial charge in [-0.05, 0) is 49.7 Å². The number of halogens is 1. The molecular formula is C24H29FN2O5S. The molecule has 0 N–H and O–H groups in total. The summed E-state index contributed by atoms with van der Waals surface area (Å²) >= 11 is 0. The SMILES string of the molecule is CC(C)Oc1ccc(S(C)(=O)=O)cc1C(=O)N1CCN(c2ccc(C(C)C=O)c(F)c2)CC1. The number of aldehydes is 1. The molecule has 1 saturated heterocycles. The number of carbonyl (C=O) groups is 2. The molecule has 33 heavy (non-hydrogen) atoms. The van der Waals surface area contributed by atoms with Crippen molar-refractivity contribution in [3.05, 3.63) is 53.3 Å². The molecule has 9 heteroatoms. The van der Waals surface area contributed by atoms with Gasteiger partial charge in [0.1, 0.15) is 17.9 Å². The van der Waals surface area contributed by atoms with E-state index in [-0.39, 0.29) is 22.5 Å². The van der Waals surface area contributed by atoms with Crippen LogP contribution in [0, 0.1) is 5.82 Å². The van der Waals surface area contributed by atoms with Gasteiger partial charge in [0.15, 0.2) is 9.84 Å². The highest BCUT2D eigenvalue weighted by atomic mass is 32.2. The molecule has 1 aliphatic rings. The minimum atomic E-state index is -3.49. The first kappa shape index (κ1) is 24.7. The molecule has 0 aromatic heterocycles. The molecular weight excluding hydrogens is 447 g/mol. The minimum Gasteiger partial charge on any atom is -0.490 e. The second-order valence-electron chi connectivity index (χ2n) is 8.51. The first-order valence-electron chi connectivity index (χ1n) is 10.8. The van der Waals surface area contributed by atoms with Crippen LogP contribution in [0.2, 0.25) is 0 Å². The smallest absolute Gasteiger partial charge is 0.257 e. The van der Waals surface area contributed by atoms with Crippen molar-refractivity contribution in [1.29, 1.82) is 0 Å². The van der Waals surface area contributed by atoms with Crippen LogP contribution in [0.3, 0.4) is 0 Å². The van der Waals surface area contributed by atoms with Gasteiger partial charge in [-0.15, -0.1) is 0 Å². The number of carbonyl (C=O) groups excluding carboxylic acids is 2. The molecule has 2 aromatic rings. The Morgan fingerprint density at radius 2 is 1.73 bits per heavy atom. The number of hydrogen-bond acceptors (Lipinski definition) is 6. The summed E-state index contributed by atoms with van der Waals surface area (Å²) in [6.45, 7) is 7.05. The molecule has 1 aliphatic heterocycles. The van der Waals surface area contributed by atoms with E-state index in [4.69, 9.17) is 4.74 Å². The summed E-state index contributed by atoms with van der Waals surface area (Å²) in [4.78, 5) is 27.9. The van der Waals surface area contributed by atoms with Gasteiger partial charge in [-0.25, -0.2) is 12.8 Å². The Morgan fingerprint density at radius 3 is 2.27 bits per heavy atom. The Balaban J connectivity index is 1.78. The van der Waals surface area contributed by atoms with Crippen LogP contribution in [0.4, 0.5) is 10.1 Å². The van der Waals surface area contributed by atoms with Gasteiger partial charge in [0.05, 0.1) is 16.6 Å². The van der Waals surface area contributed by atoms with E-state index in [1.54, 1.807) is 24.0 Å². The minimum absolute atomic E-state index is 0.0562. The Labute approximate surface area is 194 Å². The molecule has 1 atom stereocenters. The summed E-state index contributed by atoms with van der Waals surface area (Å²) in [6.07, 6.45) is 1.62. The average molecular weight is 477 g/mol. The Morgan fingerprint density at radius 1 is 1.06 bits per heavy atom. The van der Waals surface area contributed by atoms with Crippen molar-refractivity contribution in [3.8, 4) is 5.75 Å². The van der Waals surface area contributed by atoms with Crippen LogP contribution >= 0.6 is 0 Å². The summed E-state index contributed by atoms with van der Waals surface area (Å²) in [5.74, 6) is -0.916. The van der Waals surface area contributed by atoms with Crippen LogP contribution < -0.4 is 9.64 Å². The van der Waals surface area contributed by atoms with Gasteiger partial charge in [-0.3, -0.25) is 4.79 Å². The molecule has 7 nitrogen and oxygen atoms in total. The number of rotatable bonds is 7. The molecule has 0 radical (unpaired) electrons. The summed E-state index contributed by atoms with van der Waals surface area (Å²) < 4.78 is 44.2. The lowest BCUT2D eigenvalue weighted by Gasteiger charge is -2.36. The quantitative estimate of drug-likeness (QED) is 0.571. The summed E-state index contributed by atoms with van der Waals surface area (Å²) in [5.41, 5.74) is 1.24. The molecule has 0 bridgehead atoms. The maximum atomic E-state index is 14.4. The molecule has 0 spiro atoms. The molecule has 178 valence electrons. The van der Waals surface area contributed by atoms with E-state index in [0.717, 1.165) is 6.26 Å². The zero-order valence-electron chi connectivity index (χ0n) is 19.2. The van der Waals surface area contributed by atoms with Crippen LogP contribution in [0.25, 0.3) is 0 Å². The standard InChI is InChI=1S/C24H29FN2O5S/c1-16(2)32-23-8-6-19(33(4,30)31)14-21(23)24(29)27-11-9-26(10-12-27)18-5-7-20(17(3)15-28)22(25)13-18/h5-8,13-17H,9-12H2,1-4H3.